The first-order chi connectivity index (χ1) is 9.45. The van der Waals surface area contributed by atoms with E-state index in [1.54, 1.807) is 25.3 Å². The molecule has 2 amide bonds. The number of rotatable bonds is 5. The summed E-state index contributed by atoms with van der Waals surface area (Å²) in [5.41, 5.74) is 1.80. The van der Waals surface area contributed by atoms with Crippen LogP contribution in [0.15, 0.2) is 48.6 Å². The molecule has 1 aromatic rings. The molecule has 2 N–H and O–H groups in total. The molecular weight excluding hydrogens is 256 g/mol. The summed E-state index contributed by atoms with van der Waals surface area (Å²) in [7, 11) is 1.62. The van der Waals surface area contributed by atoms with Crippen LogP contribution in [-0.4, -0.2) is 30.7 Å². The van der Waals surface area contributed by atoms with Crippen LogP contribution in [-0.2, 0) is 0 Å². The number of urea groups is 1. The number of anilines is 1. The van der Waals surface area contributed by atoms with Gasteiger partial charge in [-0.1, -0.05) is 24.3 Å². The predicted molar refractivity (Wildman–Crippen MR) is 79.2 cm³/mol. The van der Waals surface area contributed by atoms with Gasteiger partial charge in [0, 0.05) is 19.3 Å². The molecule has 0 saturated heterocycles. The Labute approximate surface area is 118 Å². The van der Waals surface area contributed by atoms with Crippen LogP contribution in [0.3, 0.4) is 0 Å². The fourth-order valence-electron chi connectivity index (χ4n) is 1.54. The Morgan fingerprint density at radius 2 is 1.95 bits per heavy atom. The smallest absolute Gasteiger partial charge is 0.335 e. The molecule has 0 aromatic heterocycles. The van der Waals surface area contributed by atoms with Crippen molar-refractivity contribution in [1.82, 2.24) is 5.32 Å². The van der Waals surface area contributed by atoms with Gasteiger partial charge in [0.25, 0.3) is 0 Å². The third kappa shape index (κ3) is 4.28. The second-order valence-corrected chi connectivity index (χ2v) is 4.32. The second kappa shape index (κ2) is 7.13. The third-order valence-electron chi connectivity index (χ3n) is 2.73. The number of amides is 2. The molecule has 106 valence electrons. The van der Waals surface area contributed by atoms with E-state index in [1.165, 1.54) is 17.0 Å². The summed E-state index contributed by atoms with van der Waals surface area (Å²) in [6.45, 7) is 5.91. The highest BCUT2D eigenvalue weighted by Crippen LogP contribution is 2.14. The van der Waals surface area contributed by atoms with E-state index in [-0.39, 0.29) is 11.6 Å². The lowest BCUT2D eigenvalue weighted by molar-refractivity contribution is 0.0697. The van der Waals surface area contributed by atoms with Gasteiger partial charge in [-0.3, -0.25) is 4.90 Å². The topological polar surface area (TPSA) is 69.6 Å². The van der Waals surface area contributed by atoms with E-state index < -0.39 is 5.97 Å². The van der Waals surface area contributed by atoms with Crippen LogP contribution in [0.1, 0.15) is 17.3 Å². The SMILES string of the molecule is C=C/C=C(\C)CNC(=O)N(C)c1ccc(C(=O)O)cc1. The molecule has 0 aliphatic rings. The number of carboxylic acid groups (broad SMARTS) is 1. The number of nitrogens with one attached hydrogen (secondary N) is 1. The van der Waals surface area contributed by atoms with Crippen LogP contribution >= 0.6 is 0 Å². The normalized spacial score (nSPS) is 10.8. The molecule has 5 nitrogen and oxygen atoms in total. The summed E-state index contributed by atoms with van der Waals surface area (Å²) in [4.78, 5) is 24.1. The largest absolute Gasteiger partial charge is 0.478 e. The highest BCUT2D eigenvalue weighted by atomic mass is 16.4. The predicted octanol–water partition coefficient (Wildman–Crippen LogP) is 2.66. The standard InChI is InChI=1S/C15H18N2O3/c1-4-5-11(2)10-16-15(20)17(3)13-8-6-12(7-9-13)14(18)19/h4-9H,1,10H2,2-3H3,(H,16,20)(H,18,19)/b11-5+. The molecule has 0 aliphatic carbocycles. The van der Waals surface area contributed by atoms with Crippen LogP contribution in [0.2, 0.25) is 0 Å². The number of carboxylic acids is 1. The van der Waals surface area contributed by atoms with E-state index in [0.29, 0.717) is 12.2 Å². The van der Waals surface area contributed by atoms with Gasteiger partial charge < -0.3 is 10.4 Å². The molecule has 0 radical (unpaired) electrons. The summed E-state index contributed by atoms with van der Waals surface area (Å²) in [5.74, 6) is -0.992. The fraction of sp³-hybridized carbons (Fsp3) is 0.200. The molecule has 0 saturated carbocycles. The van der Waals surface area contributed by atoms with E-state index in [4.69, 9.17) is 5.11 Å². The van der Waals surface area contributed by atoms with Crippen molar-refractivity contribution in [1.29, 1.82) is 0 Å². The van der Waals surface area contributed by atoms with E-state index in [2.05, 4.69) is 11.9 Å². The van der Waals surface area contributed by atoms with E-state index in [1.807, 2.05) is 13.0 Å². The van der Waals surface area contributed by atoms with E-state index in [0.717, 1.165) is 5.57 Å². The molecule has 0 aliphatic heterocycles. The zero-order chi connectivity index (χ0) is 15.1. The molecule has 1 aromatic carbocycles. The summed E-state index contributed by atoms with van der Waals surface area (Å²) in [5, 5.41) is 11.6. The highest BCUT2D eigenvalue weighted by Gasteiger charge is 2.11. The maximum Gasteiger partial charge on any atom is 0.335 e. The number of allylic oxidation sites excluding steroid dienone is 2. The molecule has 5 heteroatoms. The minimum absolute atomic E-state index is 0.187. The Kier molecular flexibility index (Phi) is 5.53. The Hall–Kier alpha value is -2.56. The summed E-state index contributed by atoms with van der Waals surface area (Å²) in [6.07, 6.45) is 3.48. The first-order valence-corrected chi connectivity index (χ1v) is 6.09. The lowest BCUT2D eigenvalue weighted by atomic mass is 10.2. The number of benzene rings is 1. The molecule has 0 heterocycles. The molecule has 0 spiro atoms. The maximum absolute atomic E-state index is 11.9. The number of hydrogen-bond acceptors (Lipinski definition) is 2. The van der Waals surface area contributed by atoms with Crippen molar-refractivity contribution in [3.63, 3.8) is 0 Å². The molecule has 0 fully saturated rings. The van der Waals surface area contributed by atoms with Crippen molar-refractivity contribution >= 4 is 17.7 Å². The Balaban J connectivity index is 2.67. The van der Waals surface area contributed by atoms with Gasteiger partial charge in [0.05, 0.1) is 5.56 Å². The molecule has 0 unspecified atom stereocenters. The Bertz CT molecular complexity index is 533. The zero-order valence-corrected chi connectivity index (χ0v) is 11.6. The van der Waals surface area contributed by atoms with Crippen LogP contribution in [0.5, 0.6) is 0 Å². The minimum atomic E-state index is -0.992. The average molecular weight is 274 g/mol. The Morgan fingerprint density at radius 3 is 2.45 bits per heavy atom. The number of carbonyl (C=O) groups is 2. The van der Waals surface area contributed by atoms with Gasteiger partial charge in [-0.25, -0.2) is 9.59 Å². The Morgan fingerprint density at radius 1 is 1.35 bits per heavy atom. The maximum atomic E-state index is 11.9. The lowest BCUT2D eigenvalue weighted by Gasteiger charge is -2.18. The average Bonchev–Trinajstić information content (AvgIpc) is 2.44. The molecule has 20 heavy (non-hydrogen) atoms. The highest BCUT2D eigenvalue weighted by molar-refractivity contribution is 5.93. The first kappa shape index (κ1) is 15.5. The van der Waals surface area contributed by atoms with Gasteiger partial charge in [-0.2, -0.15) is 0 Å². The molecular formula is C15H18N2O3. The van der Waals surface area contributed by atoms with Crippen molar-refractivity contribution < 1.29 is 14.7 Å². The van der Waals surface area contributed by atoms with Crippen LogP contribution < -0.4 is 10.2 Å². The minimum Gasteiger partial charge on any atom is -0.478 e. The molecule has 1 rings (SSSR count). The molecule has 0 atom stereocenters. The number of nitrogens with zero attached hydrogens (tertiary/aromatic N) is 1. The number of carbonyl (C=O) groups excluding carboxylic acids is 1. The second-order valence-electron chi connectivity index (χ2n) is 4.32. The quantitative estimate of drug-likeness (QED) is 0.811. The van der Waals surface area contributed by atoms with Crippen LogP contribution in [0.25, 0.3) is 0 Å². The van der Waals surface area contributed by atoms with Crippen molar-refractivity contribution in [3.8, 4) is 0 Å². The summed E-state index contributed by atoms with van der Waals surface area (Å²) < 4.78 is 0. The van der Waals surface area contributed by atoms with Gasteiger partial charge in [-0.05, 0) is 31.2 Å². The zero-order valence-electron chi connectivity index (χ0n) is 11.6. The van der Waals surface area contributed by atoms with Crippen molar-refractivity contribution in [2.75, 3.05) is 18.5 Å². The number of aromatic carboxylic acids is 1. The van der Waals surface area contributed by atoms with Crippen LogP contribution in [0, 0.1) is 0 Å². The van der Waals surface area contributed by atoms with E-state index in [9.17, 15) is 9.59 Å². The van der Waals surface area contributed by atoms with Crippen molar-refractivity contribution in [2.45, 2.75) is 6.92 Å². The lowest BCUT2D eigenvalue weighted by Crippen LogP contribution is -2.38. The fourth-order valence-corrected chi connectivity index (χ4v) is 1.54. The monoisotopic (exact) mass is 274 g/mol. The van der Waals surface area contributed by atoms with Crippen molar-refractivity contribution in [2.24, 2.45) is 0 Å². The van der Waals surface area contributed by atoms with Gasteiger partial charge in [-0.15, -0.1) is 0 Å². The van der Waals surface area contributed by atoms with Gasteiger partial charge >= 0.3 is 12.0 Å². The third-order valence-corrected chi connectivity index (χ3v) is 2.73. The van der Waals surface area contributed by atoms with Crippen LogP contribution in [0.4, 0.5) is 10.5 Å². The van der Waals surface area contributed by atoms with E-state index >= 15 is 0 Å². The van der Waals surface area contributed by atoms with Gasteiger partial charge in [0.2, 0.25) is 0 Å². The summed E-state index contributed by atoms with van der Waals surface area (Å²) in [6, 6.07) is 5.85. The molecule has 0 bridgehead atoms. The van der Waals surface area contributed by atoms with Gasteiger partial charge in [0.15, 0.2) is 0 Å². The van der Waals surface area contributed by atoms with Gasteiger partial charge in [0.1, 0.15) is 0 Å². The number of hydrogen-bond donors (Lipinski definition) is 2. The first-order valence-electron chi connectivity index (χ1n) is 6.09. The van der Waals surface area contributed by atoms with Crippen molar-refractivity contribution in [3.05, 3.63) is 54.1 Å². The summed E-state index contributed by atoms with van der Waals surface area (Å²) >= 11 is 0.